The summed E-state index contributed by atoms with van der Waals surface area (Å²) in [6, 6.07) is 0. The van der Waals surface area contributed by atoms with E-state index in [2.05, 4.69) is 0 Å². The third-order valence-electron chi connectivity index (χ3n) is 5.68. The van der Waals surface area contributed by atoms with E-state index in [1.54, 1.807) is 0 Å². The normalized spacial score (nSPS) is 35.8. The van der Waals surface area contributed by atoms with Gasteiger partial charge in [-0.1, -0.05) is 6.92 Å². The number of carbonyl (C=O) groups excluding carboxylic acids is 2. The Morgan fingerprint density at radius 1 is 1.32 bits per heavy atom. The number of hydrogen-bond acceptors (Lipinski definition) is 5. The Morgan fingerprint density at radius 3 is 2.82 bits per heavy atom. The first kappa shape index (κ1) is 15.8. The van der Waals surface area contributed by atoms with Gasteiger partial charge in [0.1, 0.15) is 6.10 Å². The summed E-state index contributed by atoms with van der Waals surface area (Å²) in [6.07, 6.45) is 3.45. The molecule has 1 aliphatic heterocycles. The minimum Gasteiger partial charge on any atom is -0.465 e. The van der Waals surface area contributed by atoms with Crippen molar-refractivity contribution in [1.82, 2.24) is 0 Å². The highest BCUT2D eigenvalue weighted by molar-refractivity contribution is 5.76. The summed E-state index contributed by atoms with van der Waals surface area (Å²) >= 11 is 0. The summed E-state index contributed by atoms with van der Waals surface area (Å²) < 4.78 is 16.7. The van der Waals surface area contributed by atoms with E-state index in [-0.39, 0.29) is 30.1 Å². The first-order valence-corrected chi connectivity index (χ1v) is 8.43. The maximum Gasteiger partial charge on any atom is 0.311 e. The summed E-state index contributed by atoms with van der Waals surface area (Å²) in [5.41, 5.74) is -0.418. The Kier molecular flexibility index (Phi) is 4.19. The van der Waals surface area contributed by atoms with Crippen LogP contribution < -0.4 is 0 Å². The number of rotatable bonds is 7. The zero-order valence-electron chi connectivity index (χ0n) is 13.7. The van der Waals surface area contributed by atoms with Crippen LogP contribution in [0.2, 0.25) is 0 Å². The van der Waals surface area contributed by atoms with Crippen molar-refractivity contribution >= 4 is 11.9 Å². The van der Waals surface area contributed by atoms with Gasteiger partial charge < -0.3 is 14.2 Å². The number of hydrogen-bond donors (Lipinski definition) is 0. The Morgan fingerprint density at radius 2 is 2.09 bits per heavy atom. The van der Waals surface area contributed by atoms with Crippen LogP contribution in [0.25, 0.3) is 0 Å². The predicted molar refractivity (Wildman–Crippen MR) is 79.0 cm³/mol. The minimum atomic E-state index is -0.418. The maximum atomic E-state index is 11.8. The summed E-state index contributed by atoms with van der Waals surface area (Å²) in [5, 5.41) is 0. The standard InChI is InChI=1S/C17H26O5/c1-4-17(2,3)16(19)21-7-5-6-20-13-10-8-11-12(9-10)15(18)22-14(11)13/h10-14H,4-9H2,1-3H3. The molecule has 0 spiro atoms. The van der Waals surface area contributed by atoms with E-state index in [9.17, 15) is 9.59 Å². The second-order valence-corrected chi connectivity index (χ2v) is 7.47. The topological polar surface area (TPSA) is 61.8 Å². The summed E-state index contributed by atoms with van der Waals surface area (Å²) in [6.45, 7) is 6.70. The van der Waals surface area contributed by atoms with Gasteiger partial charge in [0.2, 0.25) is 0 Å². The summed E-state index contributed by atoms with van der Waals surface area (Å²) in [5.74, 6) is 0.799. The van der Waals surface area contributed by atoms with Crippen molar-refractivity contribution in [2.45, 2.75) is 58.7 Å². The molecule has 5 nitrogen and oxygen atoms in total. The van der Waals surface area contributed by atoms with E-state index in [0.717, 1.165) is 19.3 Å². The van der Waals surface area contributed by atoms with E-state index in [4.69, 9.17) is 14.2 Å². The molecule has 0 N–H and O–H groups in total. The van der Waals surface area contributed by atoms with Gasteiger partial charge in [-0.25, -0.2) is 0 Å². The van der Waals surface area contributed by atoms with Crippen LogP contribution in [0.5, 0.6) is 0 Å². The lowest BCUT2D eigenvalue weighted by Crippen LogP contribution is -2.34. The molecule has 3 rings (SSSR count). The molecule has 5 heteroatoms. The second kappa shape index (κ2) is 5.84. The van der Waals surface area contributed by atoms with E-state index < -0.39 is 5.41 Å². The van der Waals surface area contributed by atoms with E-state index in [0.29, 0.717) is 31.5 Å². The fourth-order valence-corrected chi connectivity index (χ4v) is 3.92. The van der Waals surface area contributed by atoms with Crippen molar-refractivity contribution in [2.75, 3.05) is 13.2 Å². The molecule has 3 aliphatic rings. The van der Waals surface area contributed by atoms with E-state index in [1.807, 2.05) is 20.8 Å². The van der Waals surface area contributed by atoms with Crippen molar-refractivity contribution in [1.29, 1.82) is 0 Å². The SMILES string of the molecule is CCC(C)(C)C(=O)OCCCOC1C2CC3C(=O)OC1C3C2. The van der Waals surface area contributed by atoms with Gasteiger partial charge in [-0.3, -0.25) is 9.59 Å². The van der Waals surface area contributed by atoms with Gasteiger partial charge in [0.15, 0.2) is 0 Å². The number of esters is 2. The fraction of sp³-hybridized carbons (Fsp3) is 0.882. The van der Waals surface area contributed by atoms with Crippen LogP contribution in [0.4, 0.5) is 0 Å². The Bertz CT molecular complexity index is 458. The van der Waals surface area contributed by atoms with Crippen LogP contribution in [0, 0.1) is 23.2 Å². The predicted octanol–water partition coefficient (Wildman–Crippen LogP) is 2.32. The van der Waals surface area contributed by atoms with Gasteiger partial charge in [0.05, 0.1) is 30.7 Å². The Labute approximate surface area is 131 Å². The van der Waals surface area contributed by atoms with Crippen molar-refractivity contribution in [2.24, 2.45) is 23.2 Å². The van der Waals surface area contributed by atoms with Crippen molar-refractivity contribution in [3.63, 3.8) is 0 Å². The lowest BCUT2D eigenvalue weighted by molar-refractivity contribution is -0.155. The van der Waals surface area contributed by atoms with Gasteiger partial charge in [-0.2, -0.15) is 0 Å². The smallest absolute Gasteiger partial charge is 0.311 e. The molecule has 0 amide bonds. The van der Waals surface area contributed by atoms with Crippen LogP contribution in [-0.4, -0.2) is 37.4 Å². The molecular weight excluding hydrogens is 284 g/mol. The molecule has 0 aromatic carbocycles. The second-order valence-electron chi connectivity index (χ2n) is 7.47. The molecule has 3 fully saturated rings. The molecule has 2 saturated carbocycles. The van der Waals surface area contributed by atoms with E-state index in [1.165, 1.54) is 0 Å². The van der Waals surface area contributed by atoms with Gasteiger partial charge in [-0.15, -0.1) is 0 Å². The van der Waals surface area contributed by atoms with Crippen molar-refractivity contribution in [3.05, 3.63) is 0 Å². The third-order valence-corrected chi connectivity index (χ3v) is 5.68. The maximum absolute atomic E-state index is 11.8. The molecule has 2 bridgehead atoms. The van der Waals surface area contributed by atoms with Crippen molar-refractivity contribution < 1.29 is 23.8 Å². The van der Waals surface area contributed by atoms with Crippen LogP contribution >= 0.6 is 0 Å². The van der Waals surface area contributed by atoms with Crippen LogP contribution in [0.3, 0.4) is 0 Å². The largest absolute Gasteiger partial charge is 0.465 e. The molecule has 1 heterocycles. The third kappa shape index (κ3) is 2.64. The first-order valence-electron chi connectivity index (χ1n) is 8.43. The molecule has 5 atom stereocenters. The molecule has 0 aromatic rings. The van der Waals surface area contributed by atoms with Gasteiger partial charge >= 0.3 is 11.9 Å². The average Bonchev–Trinajstić information content (AvgIpc) is 3.10. The van der Waals surface area contributed by atoms with Crippen molar-refractivity contribution in [3.8, 4) is 0 Å². The molecule has 124 valence electrons. The molecule has 5 unspecified atom stereocenters. The van der Waals surface area contributed by atoms with Gasteiger partial charge in [0, 0.05) is 12.3 Å². The number of carbonyl (C=O) groups is 2. The number of fused-ring (bicyclic) bond motifs is 1. The lowest BCUT2D eigenvalue weighted by Gasteiger charge is -2.25. The summed E-state index contributed by atoms with van der Waals surface area (Å²) in [7, 11) is 0. The Hall–Kier alpha value is -1.10. The zero-order valence-corrected chi connectivity index (χ0v) is 13.7. The fourth-order valence-electron chi connectivity index (χ4n) is 3.92. The van der Waals surface area contributed by atoms with E-state index >= 15 is 0 Å². The number of ether oxygens (including phenoxy) is 3. The van der Waals surface area contributed by atoms with Crippen LogP contribution in [0.1, 0.15) is 46.5 Å². The monoisotopic (exact) mass is 310 g/mol. The highest BCUT2D eigenvalue weighted by Gasteiger charge is 2.62. The lowest BCUT2D eigenvalue weighted by atomic mass is 9.88. The quantitative estimate of drug-likeness (QED) is 0.533. The average molecular weight is 310 g/mol. The molecule has 0 aromatic heterocycles. The molecule has 0 radical (unpaired) electrons. The first-order chi connectivity index (χ1) is 10.4. The van der Waals surface area contributed by atoms with Crippen LogP contribution in [0.15, 0.2) is 0 Å². The summed E-state index contributed by atoms with van der Waals surface area (Å²) in [4.78, 5) is 23.5. The zero-order chi connectivity index (χ0) is 15.9. The van der Waals surface area contributed by atoms with Crippen LogP contribution in [-0.2, 0) is 23.8 Å². The molecule has 1 saturated heterocycles. The Balaban J connectivity index is 1.37. The molecular formula is C17H26O5. The highest BCUT2D eigenvalue weighted by Crippen LogP contribution is 2.55. The van der Waals surface area contributed by atoms with Gasteiger partial charge in [-0.05, 0) is 39.0 Å². The minimum absolute atomic E-state index is 0.0284. The molecule has 22 heavy (non-hydrogen) atoms. The van der Waals surface area contributed by atoms with Gasteiger partial charge in [0.25, 0.3) is 0 Å². The highest BCUT2D eigenvalue weighted by atomic mass is 16.6. The molecule has 2 aliphatic carbocycles.